The van der Waals surface area contributed by atoms with Crippen molar-refractivity contribution in [3.8, 4) is 0 Å². The van der Waals surface area contributed by atoms with Gasteiger partial charge >= 0.3 is 6.03 Å². The highest BCUT2D eigenvalue weighted by atomic mass is 16.2. The van der Waals surface area contributed by atoms with Crippen LogP contribution in [-0.4, -0.2) is 44.0 Å². The summed E-state index contributed by atoms with van der Waals surface area (Å²) in [6.45, 7) is 9.20. The average Bonchev–Trinajstić information content (AvgIpc) is 2.65. The number of hydrogen-bond donors (Lipinski definition) is 2. The zero-order chi connectivity index (χ0) is 20.8. The smallest absolute Gasteiger partial charge is 0.323 e. The lowest BCUT2D eigenvalue weighted by molar-refractivity contribution is 0.0773. The standard InChI is InChI=1S/C22H30N4O2/c1-7-26(8-2)21(27)19-14-18(11-12-20(19)25(5)6)24-22(28)23-17-10-9-15(3)16(4)13-17/h9-14H,7-8H2,1-6H3,(H2,23,24,28). The zero-order valence-corrected chi connectivity index (χ0v) is 17.6. The van der Waals surface area contributed by atoms with Crippen molar-refractivity contribution in [1.82, 2.24) is 4.90 Å². The summed E-state index contributed by atoms with van der Waals surface area (Å²) in [6.07, 6.45) is 0. The fraction of sp³-hybridized carbons (Fsp3) is 0.364. The second-order valence-corrected chi connectivity index (χ2v) is 6.98. The monoisotopic (exact) mass is 382 g/mol. The molecular formula is C22H30N4O2. The van der Waals surface area contributed by atoms with E-state index in [-0.39, 0.29) is 11.9 Å². The number of carbonyl (C=O) groups is 2. The SMILES string of the molecule is CCN(CC)C(=O)c1cc(NC(=O)Nc2ccc(C)c(C)c2)ccc1N(C)C. The van der Waals surface area contributed by atoms with Crippen molar-refractivity contribution < 1.29 is 9.59 Å². The molecule has 0 saturated carbocycles. The van der Waals surface area contributed by atoms with E-state index in [1.54, 1.807) is 17.0 Å². The van der Waals surface area contributed by atoms with Crippen molar-refractivity contribution in [3.63, 3.8) is 0 Å². The summed E-state index contributed by atoms with van der Waals surface area (Å²) in [5, 5.41) is 5.66. The van der Waals surface area contributed by atoms with Crippen LogP contribution in [0.5, 0.6) is 0 Å². The summed E-state index contributed by atoms with van der Waals surface area (Å²) in [6, 6.07) is 10.8. The number of benzene rings is 2. The molecule has 0 unspecified atom stereocenters. The van der Waals surface area contributed by atoms with Crippen LogP contribution in [-0.2, 0) is 0 Å². The van der Waals surface area contributed by atoms with Gasteiger partial charge in [0.25, 0.3) is 5.91 Å². The summed E-state index contributed by atoms with van der Waals surface area (Å²) >= 11 is 0. The molecular weight excluding hydrogens is 352 g/mol. The number of rotatable bonds is 6. The van der Waals surface area contributed by atoms with Gasteiger partial charge in [0.05, 0.1) is 5.56 Å². The van der Waals surface area contributed by atoms with Gasteiger partial charge in [0.15, 0.2) is 0 Å². The zero-order valence-electron chi connectivity index (χ0n) is 17.6. The van der Waals surface area contributed by atoms with E-state index in [0.717, 1.165) is 16.9 Å². The minimum atomic E-state index is -0.345. The second-order valence-electron chi connectivity index (χ2n) is 6.98. The molecule has 6 nitrogen and oxygen atoms in total. The van der Waals surface area contributed by atoms with Crippen molar-refractivity contribution in [3.05, 3.63) is 53.1 Å². The molecule has 2 N–H and O–H groups in total. The van der Waals surface area contributed by atoms with E-state index >= 15 is 0 Å². The van der Waals surface area contributed by atoms with Crippen molar-refractivity contribution in [2.75, 3.05) is 42.7 Å². The number of nitrogens with zero attached hydrogens (tertiary/aromatic N) is 2. The van der Waals surface area contributed by atoms with Gasteiger partial charge in [-0.15, -0.1) is 0 Å². The summed E-state index contributed by atoms with van der Waals surface area (Å²) in [7, 11) is 3.79. The molecule has 0 spiro atoms. The molecule has 2 aromatic carbocycles. The Morgan fingerprint density at radius 1 is 0.857 bits per heavy atom. The lowest BCUT2D eigenvalue weighted by Gasteiger charge is -2.23. The molecule has 0 saturated heterocycles. The Labute approximate surface area is 167 Å². The molecule has 2 rings (SSSR count). The number of hydrogen-bond acceptors (Lipinski definition) is 3. The number of urea groups is 1. The molecule has 2 aromatic rings. The molecule has 6 heteroatoms. The van der Waals surface area contributed by atoms with Gasteiger partial charge in [-0.2, -0.15) is 0 Å². The van der Waals surface area contributed by atoms with Gasteiger partial charge in [0.1, 0.15) is 0 Å². The third-order valence-electron chi connectivity index (χ3n) is 4.78. The molecule has 0 atom stereocenters. The lowest BCUT2D eigenvalue weighted by atomic mass is 10.1. The summed E-state index contributed by atoms with van der Waals surface area (Å²) in [5.41, 5.74) is 4.96. The first-order valence-electron chi connectivity index (χ1n) is 9.52. The maximum absolute atomic E-state index is 12.9. The molecule has 0 bridgehead atoms. The number of aryl methyl sites for hydroxylation is 2. The Kier molecular flexibility index (Phi) is 7.04. The van der Waals surface area contributed by atoms with E-state index in [4.69, 9.17) is 0 Å². The van der Waals surface area contributed by atoms with E-state index < -0.39 is 0 Å². The third-order valence-corrected chi connectivity index (χ3v) is 4.78. The molecule has 0 aromatic heterocycles. The van der Waals surface area contributed by atoms with Crippen LogP contribution in [0, 0.1) is 13.8 Å². The number of nitrogens with one attached hydrogen (secondary N) is 2. The van der Waals surface area contributed by atoms with Crippen LogP contribution in [0.25, 0.3) is 0 Å². The quantitative estimate of drug-likeness (QED) is 0.773. The summed E-state index contributed by atoms with van der Waals surface area (Å²) in [5.74, 6) is -0.0492. The highest BCUT2D eigenvalue weighted by Gasteiger charge is 2.19. The first-order chi connectivity index (χ1) is 13.3. The molecule has 0 radical (unpaired) electrons. The Balaban J connectivity index is 2.23. The minimum Gasteiger partial charge on any atom is -0.377 e. The van der Waals surface area contributed by atoms with Crippen molar-refractivity contribution in [2.45, 2.75) is 27.7 Å². The van der Waals surface area contributed by atoms with Crippen LogP contribution < -0.4 is 15.5 Å². The van der Waals surface area contributed by atoms with Crippen LogP contribution >= 0.6 is 0 Å². The Bertz CT molecular complexity index is 858. The predicted molar refractivity (Wildman–Crippen MR) is 117 cm³/mol. The average molecular weight is 383 g/mol. The molecule has 3 amide bonds. The van der Waals surface area contributed by atoms with E-state index in [1.165, 1.54) is 5.56 Å². The Morgan fingerprint density at radius 2 is 1.43 bits per heavy atom. The number of amides is 3. The summed E-state index contributed by atoms with van der Waals surface area (Å²) < 4.78 is 0. The van der Waals surface area contributed by atoms with Gasteiger partial charge in [-0.3, -0.25) is 4.79 Å². The third kappa shape index (κ3) is 5.03. The van der Waals surface area contributed by atoms with Gasteiger partial charge < -0.3 is 20.4 Å². The van der Waals surface area contributed by atoms with Crippen molar-refractivity contribution >= 4 is 29.0 Å². The van der Waals surface area contributed by atoms with Gasteiger partial charge in [-0.1, -0.05) is 6.07 Å². The van der Waals surface area contributed by atoms with Crippen LogP contribution in [0.3, 0.4) is 0 Å². The highest BCUT2D eigenvalue weighted by Crippen LogP contribution is 2.25. The molecule has 0 aliphatic heterocycles. The van der Waals surface area contributed by atoms with E-state index in [2.05, 4.69) is 10.6 Å². The van der Waals surface area contributed by atoms with Gasteiger partial charge in [-0.05, 0) is 69.2 Å². The van der Waals surface area contributed by atoms with Gasteiger partial charge in [0.2, 0.25) is 0 Å². The fourth-order valence-electron chi connectivity index (χ4n) is 2.97. The molecule has 0 fully saturated rings. The van der Waals surface area contributed by atoms with Gasteiger partial charge in [0, 0.05) is 44.2 Å². The first kappa shape index (κ1) is 21.3. The van der Waals surface area contributed by atoms with Crippen LogP contribution in [0.15, 0.2) is 36.4 Å². The van der Waals surface area contributed by atoms with E-state index in [1.807, 2.05) is 71.0 Å². The maximum atomic E-state index is 12.9. The number of anilines is 3. The van der Waals surface area contributed by atoms with Gasteiger partial charge in [-0.25, -0.2) is 4.79 Å². The predicted octanol–water partition coefficient (Wildman–Crippen LogP) is 4.50. The topological polar surface area (TPSA) is 64.7 Å². The second kappa shape index (κ2) is 9.26. The molecule has 0 aliphatic carbocycles. The lowest BCUT2D eigenvalue weighted by Crippen LogP contribution is -2.32. The van der Waals surface area contributed by atoms with Crippen LogP contribution in [0.1, 0.15) is 35.3 Å². The van der Waals surface area contributed by atoms with Crippen LogP contribution in [0.4, 0.5) is 21.9 Å². The van der Waals surface area contributed by atoms with Crippen LogP contribution in [0.2, 0.25) is 0 Å². The molecule has 150 valence electrons. The molecule has 0 heterocycles. The molecule has 0 aliphatic rings. The molecule has 28 heavy (non-hydrogen) atoms. The number of carbonyl (C=O) groups excluding carboxylic acids is 2. The fourth-order valence-corrected chi connectivity index (χ4v) is 2.97. The minimum absolute atomic E-state index is 0.0492. The largest absolute Gasteiger partial charge is 0.377 e. The Morgan fingerprint density at radius 3 is 1.96 bits per heavy atom. The maximum Gasteiger partial charge on any atom is 0.323 e. The van der Waals surface area contributed by atoms with Crippen molar-refractivity contribution in [1.29, 1.82) is 0 Å². The van der Waals surface area contributed by atoms with Crippen molar-refractivity contribution in [2.24, 2.45) is 0 Å². The Hall–Kier alpha value is -3.02. The normalized spacial score (nSPS) is 10.4. The van der Waals surface area contributed by atoms with E-state index in [9.17, 15) is 9.59 Å². The first-order valence-corrected chi connectivity index (χ1v) is 9.52. The summed E-state index contributed by atoms with van der Waals surface area (Å²) in [4.78, 5) is 29.0. The highest BCUT2D eigenvalue weighted by molar-refractivity contribution is 6.04. The van der Waals surface area contributed by atoms with E-state index in [0.29, 0.717) is 24.3 Å².